The Morgan fingerprint density at radius 1 is 1.04 bits per heavy atom. The van der Waals surface area contributed by atoms with Gasteiger partial charge in [-0.3, -0.25) is 14.5 Å². The highest BCUT2D eigenvalue weighted by Gasteiger charge is 2.48. The molecule has 0 aliphatic carbocycles. The molecule has 1 fully saturated rings. The lowest BCUT2D eigenvalue weighted by Gasteiger charge is -2.23. The number of anilines is 1. The van der Waals surface area contributed by atoms with Gasteiger partial charge in [0.05, 0.1) is 24.8 Å². The van der Waals surface area contributed by atoms with Crippen LogP contribution >= 0.6 is 23.1 Å². The van der Waals surface area contributed by atoms with Crippen LogP contribution in [0.4, 0.5) is 5.13 Å². The highest BCUT2D eigenvalue weighted by molar-refractivity contribution is 8.00. The molecule has 9 nitrogen and oxygen atoms in total. The average Bonchev–Trinajstić information content (AvgIpc) is 3.75. The molecule has 0 bridgehead atoms. The van der Waals surface area contributed by atoms with Gasteiger partial charge < -0.3 is 19.3 Å². The lowest BCUT2D eigenvalue weighted by Crippen LogP contribution is -2.29. The van der Waals surface area contributed by atoms with Gasteiger partial charge in [0, 0.05) is 17.7 Å². The molecule has 2 aliphatic rings. The molecule has 2 atom stereocenters. The van der Waals surface area contributed by atoms with E-state index in [-0.39, 0.29) is 22.6 Å². The fourth-order valence-corrected chi connectivity index (χ4v) is 7.38. The second-order valence-corrected chi connectivity index (χ2v) is 13.3. The maximum Gasteiger partial charge on any atom is 0.301 e. The largest absolute Gasteiger partial charge is 0.507 e. The minimum Gasteiger partial charge on any atom is -0.507 e. The number of aliphatic hydroxyl groups is 1. The Labute approximate surface area is 276 Å². The molecule has 11 heteroatoms. The molecule has 3 heterocycles. The molecule has 6 rings (SSSR count). The minimum absolute atomic E-state index is 0.0133. The van der Waals surface area contributed by atoms with Crippen molar-refractivity contribution in [3.63, 3.8) is 0 Å². The Morgan fingerprint density at radius 2 is 1.87 bits per heavy atom. The molecule has 1 N–H and O–H groups in total. The maximum atomic E-state index is 13.8. The normalized spacial score (nSPS) is 18.5. The topological polar surface area (TPSA) is 111 Å². The van der Waals surface area contributed by atoms with E-state index in [1.54, 1.807) is 30.3 Å². The Bertz CT molecular complexity index is 1770. The molecule has 1 saturated heterocycles. The van der Waals surface area contributed by atoms with Crippen molar-refractivity contribution >= 4 is 45.7 Å². The number of rotatable bonds is 12. The molecular weight excluding hydrogens is 623 g/mol. The monoisotopic (exact) mass is 657 g/mol. The molecule has 1 amide bonds. The molecule has 238 valence electrons. The highest BCUT2D eigenvalue weighted by atomic mass is 32.2. The predicted molar refractivity (Wildman–Crippen MR) is 179 cm³/mol. The summed E-state index contributed by atoms with van der Waals surface area (Å²) in [6, 6.07) is 19.7. The van der Waals surface area contributed by atoms with Crippen LogP contribution in [0.2, 0.25) is 0 Å². The summed E-state index contributed by atoms with van der Waals surface area (Å²) in [4.78, 5) is 28.9. The first kappa shape index (κ1) is 31.6. The maximum absolute atomic E-state index is 13.8. The number of ether oxygens (including phenoxy) is 3. The zero-order chi connectivity index (χ0) is 32.2. The van der Waals surface area contributed by atoms with Crippen molar-refractivity contribution in [2.24, 2.45) is 0 Å². The van der Waals surface area contributed by atoms with Crippen LogP contribution in [-0.4, -0.2) is 46.3 Å². The van der Waals surface area contributed by atoms with E-state index in [1.165, 1.54) is 28.0 Å². The fraction of sp³-hybridized carbons (Fsp3) is 0.314. The van der Waals surface area contributed by atoms with Crippen molar-refractivity contribution in [1.82, 2.24) is 10.2 Å². The van der Waals surface area contributed by atoms with Crippen LogP contribution in [0.5, 0.6) is 17.2 Å². The van der Waals surface area contributed by atoms with E-state index in [4.69, 9.17) is 14.2 Å². The number of amides is 1. The van der Waals surface area contributed by atoms with Gasteiger partial charge in [-0.05, 0) is 67.3 Å². The third kappa shape index (κ3) is 6.47. The number of ketones is 1. The number of aliphatic hydroxyl groups excluding tert-OH is 1. The fourth-order valence-electron chi connectivity index (χ4n) is 5.56. The summed E-state index contributed by atoms with van der Waals surface area (Å²) in [5.41, 5.74) is 3.02. The second-order valence-electron chi connectivity index (χ2n) is 11.1. The van der Waals surface area contributed by atoms with Gasteiger partial charge in [0.25, 0.3) is 5.78 Å². The second kappa shape index (κ2) is 14.0. The van der Waals surface area contributed by atoms with Gasteiger partial charge in [0.1, 0.15) is 17.6 Å². The van der Waals surface area contributed by atoms with Crippen LogP contribution in [0.1, 0.15) is 61.9 Å². The number of nitrogens with zero attached hydrogens (tertiary/aromatic N) is 3. The van der Waals surface area contributed by atoms with Crippen molar-refractivity contribution in [2.45, 2.75) is 62.3 Å². The van der Waals surface area contributed by atoms with E-state index in [0.717, 1.165) is 29.7 Å². The van der Waals surface area contributed by atoms with Crippen molar-refractivity contribution in [3.05, 3.63) is 94.6 Å². The first-order chi connectivity index (χ1) is 22.4. The predicted octanol–water partition coefficient (Wildman–Crippen LogP) is 7.36. The third-order valence-corrected chi connectivity index (χ3v) is 9.89. The SMILES string of the molecule is CCCCOc1ccc([C@@H]2C(=C(O)c3ccc4c(c3)C[C@@H](C)O4)C(=O)C(=O)N2c2nnc(SCc3ccccc3)s2)cc1OCC. The van der Waals surface area contributed by atoms with E-state index in [0.29, 0.717) is 52.4 Å². The summed E-state index contributed by atoms with van der Waals surface area (Å²) in [7, 11) is 0. The number of hydrogen-bond donors (Lipinski definition) is 1. The van der Waals surface area contributed by atoms with Crippen LogP contribution < -0.4 is 19.1 Å². The number of thioether (sulfide) groups is 1. The van der Waals surface area contributed by atoms with Gasteiger partial charge >= 0.3 is 5.91 Å². The van der Waals surface area contributed by atoms with Crippen molar-refractivity contribution in [2.75, 3.05) is 18.1 Å². The van der Waals surface area contributed by atoms with Crippen LogP contribution in [0.25, 0.3) is 5.76 Å². The van der Waals surface area contributed by atoms with E-state index < -0.39 is 17.7 Å². The number of carbonyl (C=O) groups is 2. The van der Waals surface area contributed by atoms with E-state index >= 15 is 0 Å². The van der Waals surface area contributed by atoms with Crippen LogP contribution in [0, 0.1) is 0 Å². The molecular formula is C35H35N3O6S2. The number of fused-ring (bicyclic) bond motifs is 1. The van der Waals surface area contributed by atoms with Crippen molar-refractivity contribution in [1.29, 1.82) is 0 Å². The lowest BCUT2D eigenvalue weighted by molar-refractivity contribution is -0.132. The standard InChI is InChI=1S/C35H35N3O6S2/c1-4-6-16-43-27-15-12-23(19-28(27)42-5-2)30-29(31(39)24-13-14-26-25(18-24)17-21(3)44-26)32(40)33(41)38(30)34-36-37-35(46-34)45-20-22-10-8-7-9-11-22/h7-15,18-19,21,30,39H,4-6,16-17,20H2,1-3H3/t21-,30-/m1/s1. The quantitative estimate of drug-likeness (QED) is 0.0417. The highest BCUT2D eigenvalue weighted by Crippen LogP contribution is 2.46. The Morgan fingerprint density at radius 3 is 2.65 bits per heavy atom. The van der Waals surface area contributed by atoms with Gasteiger partial charge in [0.2, 0.25) is 5.13 Å². The smallest absolute Gasteiger partial charge is 0.301 e. The molecule has 1 aromatic heterocycles. The van der Waals surface area contributed by atoms with E-state index in [9.17, 15) is 14.7 Å². The Kier molecular flexibility index (Phi) is 9.60. The summed E-state index contributed by atoms with van der Waals surface area (Å²) in [5, 5.41) is 20.7. The molecule has 46 heavy (non-hydrogen) atoms. The van der Waals surface area contributed by atoms with E-state index in [2.05, 4.69) is 17.1 Å². The Hall–Kier alpha value is -4.35. The minimum atomic E-state index is -0.979. The number of carbonyl (C=O) groups excluding carboxylic acids is 2. The first-order valence-electron chi connectivity index (χ1n) is 15.4. The lowest BCUT2D eigenvalue weighted by atomic mass is 9.94. The van der Waals surface area contributed by atoms with E-state index in [1.807, 2.05) is 50.2 Å². The van der Waals surface area contributed by atoms with Gasteiger partial charge in [-0.1, -0.05) is 72.8 Å². The molecule has 2 aliphatic heterocycles. The summed E-state index contributed by atoms with van der Waals surface area (Å²) in [6.07, 6.45) is 2.57. The van der Waals surface area contributed by atoms with Crippen LogP contribution in [0.3, 0.4) is 0 Å². The van der Waals surface area contributed by atoms with Crippen molar-refractivity contribution in [3.8, 4) is 17.2 Å². The number of unbranched alkanes of at least 4 members (excludes halogenated alkanes) is 1. The molecule has 0 saturated carbocycles. The van der Waals surface area contributed by atoms with Gasteiger partial charge in [-0.15, -0.1) is 10.2 Å². The van der Waals surface area contributed by atoms with Crippen molar-refractivity contribution < 1.29 is 28.9 Å². The van der Waals surface area contributed by atoms with Gasteiger partial charge in [-0.25, -0.2) is 0 Å². The van der Waals surface area contributed by atoms with Gasteiger partial charge in [0.15, 0.2) is 15.8 Å². The first-order valence-corrected chi connectivity index (χ1v) is 17.2. The molecule has 0 radical (unpaired) electrons. The summed E-state index contributed by atoms with van der Waals surface area (Å²) < 4.78 is 18.4. The number of aromatic nitrogens is 2. The summed E-state index contributed by atoms with van der Waals surface area (Å²) in [6.45, 7) is 6.87. The molecule has 4 aromatic rings. The molecule has 0 unspecified atom stereocenters. The number of benzene rings is 3. The molecule has 0 spiro atoms. The third-order valence-electron chi connectivity index (χ3n) is 7.76. The number of hydrogen-bond acceptors (Lipinski definition) is 10. The van der Waals surface area contributed by atoms with Crippen LogP contribution in [-0.2, 0) is 21.8 Å². The van der Waals surface area contributed by atoms with Gasteiger partial charge in [-0.2, -0.15) is 0 Å². The average molecular weight is 658 g/mol. The summed E-state index contributed by atoms with van der Waals surface area (Å²) >= 11 is 2.73. The van der Waals surface area contributed by atoms with Crippen LogP contribution in [0.15, 0.2) is 76.6 Å². The molecule has 3 aromatic carbocycles. The summed E-state index contributed by atoms with van der Waals surface area (Å²) in [5.74, 6) is 0.619. The zero-order valence-corrected chi connectivity index (χ0v) is 27.5. The zero-order valence-electron chi connectivity index (χ0n) is 25.9. The number of Topliss-reactive ketones (excluding diaryl/α,β-unsaturated/α-hetero) is 1. The Balaban J connectivity index is 1.42.